The Balaban J connectivity index is 1.73. The minimum Gasteiger partial charge on any atom is -0.481 e. The third-order valence-corrected chi connectivity index (χ3v) is 6.78. The summed E-state index contributed by atoms with van der Waals surface area (Å²) in [7, 11) is 3.10. The number of aliphatic hydroxyl groups excluding tert-OH is 1. The molecule has 0 aromatic heterocycles. The molecule has 1 heterocycles. The predicted octanol–water partition coefficient (Wildman–Crippen LogP) is 4.91. The summed E-state index contributed by atoms with van der Waals surface area (Å²) in [6.07, 6.45) is -0.690. The third-order valence-electron chi connectivity index (χ3n) is 6.78. The smallest absolute Gasteiger partial charge is 0.337 e. The van der Waals surface area contributed by atoms with Gasteiger partial charge in [0.25, 0.3) is 17.5 Å². The monoisotopic (exact) mass is 557 g/mol. The Morgan fingerprint density at radius 2 is 1.73 bits per heavy atom. The number of rotatable bonds is 10. The molecule has 0 fully saturated rings. The molecule has 0 saturated carbocycles. The number of nitro groups is 1. The number of carbonyl (C=O) groups is 2. The molecule has 1 aliphatic rings. The lowest BCUT2D eigenvalue weighted by Gasteiger charge is -2.31. The number of non-ortho nitro benzene ring substituents is 1. The quantitative estimate of drug-likeness (QED) is 0.118. The van der Waals surface area contributed by atoms with E-state index in [-0.39, 0.29) is 28.1 Å². The summed E-state index contributed by atoms with van der Waals surface area (Å²) in [6, 6.07) is 24.7. The topological polar surface area (TPSA) is 131 Å². The van der Waals surface area contributed by atoms with Crippen molar-refractivity contribution in [3.8, 4) is 0 Å². The summed E-state index contributed by atoms with van der Waals surface area (Å²) in [6.45, 7) is 2.51. The number of amides is 1. The van der Waals surface area contributed by atoms with Crippen molar-refractivity contribution >= 4 is 17.6 Å². The molecule has 10 heteroatoms. The molecule has 4 rings (SSSR count). The normalized spacial score (nSPS) is 17.1. The van der Waals surface area contributed by atoms with Crippen molar-refractivity contribution in [2.24, 2.45) is 0 Å². The van der Waals surface area contributed by atoms with Gasteiger partial charge in [0.15, 0.2) is 0 Å². The molecule has 0 aliphatic carbocycles. The second-order valence-corrected chi connectivity index (χ2v) is 9.69. The number of likely N-dealkylation sites (N-methyl/N-ethyl adjacent to an activating group) is 1. The molecule has 3 aromatic carbocycles. The first-order valence-electron chi connectivity index (χ1n) is 12.9. The van der Waals surface area contributed by atoms with Crippen LogP contribution < -0.4 is 5.32 Å². The van der Waals surface area contributed by atoms with Crippen LogP contribution in [0.3, 0.4) is 0 Å². The Labute approximate surface area is 237 Å². The molecular formula is C31H31N3O7. The molecule has 41 heavy (non-hydrogen) atoms. The van der Waals surface area contributed by atoms with E-state index in [1.54, 1.807) is 13.0 Å². The number of allylic oxidation sites excluding steroid dienone is 1. The second kappa shape index (κ2) is 12.9. The molecule has 2 N–H and O–H groups in total. The van der Waals surface area contributed by atoms with Gasteiger partial charge in [-0.25, -0.2) is 4.79 Å². The largest absolute Gasteiger partial charge is 0.481 e. The lowest BCUT2D eigenvalue weighted by atomic mass is 9.80. The first kappa shape index (κ1) is 29.0. The Bertz CT molecular complexity index is 1490. The van der Waals surface area contributed by atoms with Crippen LogP contribution in [0.1, 0.15) is 35.6 Å². The van der Waals surface area contributed by atoms with Gasteiger partial charge in [0.1, 0.15) is 11.7 Å². The number of hydrogen-bond donors (Lipinski definition) is 2. The van der Waals surface area contributed by atoms with Crippen molar-refractivity contribution in [3.05, 3.63) is 135 Å². The average Bonchev–Trinajstić information content (AvgIpc) is 2.97. The number of nitrogens with zero attached hydrogens (tertiary/aromatic N) is 2. The van der Waals surface area contributed by atoms with E-state index in [0.29, 0.717) is 13.1 Å². The highest BCUT2D eigenvalue weighted by Gasteiger charge is 2.41. The van der Waals surface area contributed by atoms with Crippen molar-refractivity contribution < 1.29 is 29.1 Å². The van der Waals surface area contributed by atoms with Crippen LogP contribution in [0.15, 0.2) is 108 Å². The fourth-order valence-corrected chi connectivity index (χ4v) is 4.86. The highest BCUT2D eigenvalue weighted by molar-refractivity contribution is 6.05. The molecule has 1 aliphatic heterocycles. The summed E-state index contributed by atoms with van der Waals surface area (Å²) < 4.78 is 11.1. The zero-order valence-corrected chi connectivity index (χ0v) is 22.9. The molecule has 2 atom stereocenters. The number of hydrogen-bond acceptors (Lipinski definition) is 8. The van der Waals surface area contributed by atoms with Gasteiger partial charge in [0.05, 0.1) is 23.5 Å². The van der Waals surface area contributed by atoms with Crippen molar-refractivity contribution in [2.75, 3.05) is 20.7 Å². The van der Waals surface area contributed by atoms with E-state index < -0.39 is 34.8 Å². The van der Waals surface area contributed by atoms with Crippen molar-refractivity contribution in [3.63, 3.8) is 0 Å². The maximum absolute atomic E-state index is 14.0. The molecule has 10 nitrogen and oxygen atoms in total. The minimum absolute atomic E-state index is 0.0235. The highest BCUT2D eigenvalue weighted by atomic mass is 16.6. The van der Waals surface area contributed by atoms with Crippen LogP contribution in [0.25, 0.3) is 0 Å². The summed E-state index contributed by atoms with van der Waals surface area (Å²) in [5.41, 5.74) is 1.83. The number of aliphatic hydroxyl groups is 1. The summed E-state index contributed by atoms with van der Waals surface area (Å²) in [5, 5.41) is 24.7. The van der Waals surface area contributed by atoms with Crippen molar-refractivity contribution in [1.82, 2.24) is 10.2 Å². The maximum Gasteiger partial charge on any atom is 0.337 e. The number of ether oxygens (including phenoxy) is 2. The van der Waals surface area contributed by atoms with Crippen molar-refractivity contribution in [2.45, 2.75) is 25.5 Å². The van der Waals surface area contributed by atoms with Gasteiger partial charge in [0.2, 0.25) is 0 Å². The van der Waals surface area contributed by atoms with E-state index >= 15 is 0 Å². The summed E-state index contributed by atoms with van der Waals surface area (Å²) >= 11 is 0. The third kappa shape index (κ3) is 6.79. The fourth-order valence-electron chi connectivity index (χ4n) is 4.86. The number of benzene rings is 3. The zero-order valence-electron chi connectivity index (χ0n) is 22.9. The predicted molar refractivity (Wildman–Crippen MR) is 151 cm³/mol. The van der Waals surface area contributed by atoms with E-state index in [4.69, 9.17) is 9.47 Å². The van der Waals surface area contributed by atoms with Gasteiger partial charge in [0, 0.05) is 30.9 Å². The van der Waals surface area contributed by atoms with Gasteiger partial charge in [-0.15, -0.1) is 0 Å². The van der Waals surface area contributed by atoms with E-state index in [2.05, 4.69) is 5.32 Å². The molecule has 0 saturated heterocycles. The second-order valence-electron chi connectivity index (χ2n) is 9.69. The molecule has 0 spiro atoms. The van der Waals surface area contributed by atoms with E-state index in [0.717, 1.165) is 11.1 Å². The van der Waals surface area contributed by atoms with E-state index in [9.17, 15) is 24.8 Å². The first-order valence-corrected chi connectivity index (χ1v) is 12.9. The van der Waals surface area contributed by atoms with Crippen LogP contribution in [0.2, 0.25) is 0 Å². The summed E-state index contributed by atoms with van der Waals surface area (Å²) in [4.78, 5) is 39.9. The summed E-state index contributed by atoms with van der Waals surface area (Å²) in [5.74, 6) is -3.34. The Kier molecular flexibility index (Phi) is 9.15. The van der Waals surface area contributed by atoms with E-state index in [1.165, 1.54) is 25.3 Å². The highest BCUT2D eigenvalue weighted by Crippen LogP contribution is 2.40. The zero-order chi connectivity index (χ0) is 29.5. The van der Waals surface area contributed by atoms with Crippen LogP contribution in [-0.4, -0.2) is 47.5 Å². The maximum atomic E-state index is 14.0. The number of esters is 1. The lowest BCUT2D eigenvalue weighted by molar-refractivity contribution is -0.384. The fraction of sp³-hybridized carbons (Fsp3) is 0.226. The van der Waals surface area contributed by atoms with Gasteiger partial charge in [-0.1, -0.05) is 72.8 Å². The van der Waals surface area contributed by atoms with Crippen LogP contribution in [0.5, 0.6) is 0 Å². The van der Waals surface area contributed by atoms with Gasteiger partial charge in [-0.3, -0.25) is 19.8 Å². The average molecular weight is 558 g/mol. The molecular weight excluding hydrogens is 526 g/mol. The Morgan fingerprint density at radius 3 is 2.37 bits per heavy atom. The molecule has 3 aromatic rings. The molecule has 1 amide bonds. The lowest BCUT2D eigenvalue weighted by Crippen LogP contribution is -2.38. The van der Waals surface area contributed by atoms with Crippen LogP contribution in [0.4, 0.5) is 5.69 Å². The van der Waals surface area contributed by atoms with Gasteiger partial charge in [-0.2, -0.15) is 0 Å². The SMILES string of the molecule is COC(O)=C1C(=O)NC(C)=C(C(=O)OC(CN(C)Cc2ccccc2)c2ccccc2)C1c1cccc([N+](=O)[O-])c1. The van der Waals surface area contributed by atoms with Gasteiger partial charge >= 0.3 is 5.97 Å². The molecule has 212 valence electrons. The molecule has 0 bridgehead atoms. The molecule has 0 radical (unpaired) electrons. The van der Waals surface area contributed by atoms with Crippen LogP contribution >= 0.6 is 0 Å². The molecule has 2 unspecified atom stereocenters. The van der Waals surface area contributed by atoms with Crippen LogP contribution in [0, 0.1) is 10.1 Å². The van der Waals surface area contributed by atoms with Crippen LogP contribution in [-0.2, 0) is 25.6 Å². The van der Waals surface area contributed by atoms with Crippen molar-refractivity contribution in [1.29, 1.82) is 0 Å². The number of methoxy groups -OCH3 is 1. The van der Waals surface area contributed by atoms with E-state index in [1.807, 2.05) is 72.6 Å². The first-order chi connectivity index (χ1) is 19.7. The Morgan fingerprint density at radius 1 is 1.07 bits per heavy atom. The Hall–Kier alpha value is -4.96. The minimum atomic E-state index is -1.19. The number of carbonyl (C=O) groups excluding carboxylic acids is 2. The van der Waals surface area contributed by atoms with Gasteiger partial charge in [-0.05, 0) is 30.7 Å². The number of nitrogens with one attached hydrogen (secondary N) is 1. The standard InChI is InChI=1S/C31H31N3O7/c1-20-26(27(28(29(35)32-20)30(36)40-3)23-15-10-16-24(17-23)34(38)39)31(37)41-25(22-13-8-5-9-14-22)19-33(2)18-21-11-6-4-7-12-21/h4-17,25,27,36H,18-19H2,1-3H3,(H,32,35). The van der Waals surface area contributed by atoms with Gasteiger partial charge < -0.3 is 19.9 Å². The number of nitro benzene ring substituents is 1.